The Morgan fingerprint density at radius 3 is 2.42 bits per heavy atom. The average molecular weight is 443 g/mol. The second kappa shape index (κ2) is 9.21. The van der Waals surface area contributed by atoms with Crippen LogP contribution >= 0.6 is 11.3 Å². The van der Waals surface area contributed by atoms with E-state index in [0.717, 1.165) is 21.7 Å². The van der Waals surface area contributed by atoms with Crippen LogP contribution in [0.25, 0.3) is 10.4 Å². The molecule has 5 nitrogen and oxygen atoms in total. The molecule has 0 bridgehead atoms. The molecule has 0 radical (unpaired) electrons. The quantitative estimate of drug-likeness (QED) is 0.696. The zero-order valence-electron chi connectivity index (χ0n) is 19.4. The van der Waals surface area contributed by atoms with E-state index in [1.165, 1.54) is 0 Å². The maximum atomic E-state index is 13.1. The summed E-state index contributed by atoms with van der Waals surface area (Å²) in [4.78, 5) is 33.3. The number of Topliss-reactive ketones (excluding diaryl/α,β-unsaturated/α-hetero) is 1. The third-order valence-corrected chi connectivity index (χ3v) is 7.58. The van der Waals surface area contributed by atoms with Crippen LogP contribution in [-0.4, -0.2) is 45.4 Å². The van der Waals surface area contributed by atoms with E-state index in [-0.39, 0.29) is 35.5 Å². The van der Waals surface area contributed by atoms with E-state index in [1.807, 2.05) is 47.1 Å². The number of likely N-dealkylation sites (tertiary alicyclic amines) is 1. The van der Waals surface area contributed by atoms with Crippen molar-refractivity contribution in [2.24, 2.45) is 11.3 Å². The van der Waals surface area contributed by atoms with Crippen LogP contribution in [0.3, 0.4) is 0 Å². The Hall–Kier alpha value is -2.05. The third-order valence-electron chi connectivity index (χ3n) is 6.60. The van der Waals surface area contributed by atoms with Gasteiger partial charge in [0, 0.05) is 25.3 Å². The van der Waals surface area contributed by atoms with E-state index in [2.05, 4.69) is 29.2 Å². The molecule has 1 amide bonds. The molecule has 0 saturated carbocycles. The fourth-order valence-corrected chi connectivity index (χ4v) is 4.89. The van der Waals surface area contributed by atoms with Crippen molar-refractivity contribution in [3.8, 4) is 10.4 Å². The van der Waals surface area contributed by atoms with Crippen LogP contribution < -0.4 is 0 Å². The zero-order valence-corrected chi connectivity index (χ0v) is 20.2. The van der Waals surface area contributed by atoms with Crippen molar-refractivity contribution >= 4 is 23.0 Å². The van der Waals surface area contributed by atoms with Gasteiger partial charge < -0.3 is 10.0 Å². The maximum Gasteiger partial charge on any atom is 0.226 e. The predicted molar refractivity (Wildman–Crippen MR) is 125 cm³/mol. The third kappa shape index (κ3) is 5.24. The first kappa shape index (κ1) is 23.6. The summed E-state index contributed by atoms with van der Waals surface area (Å²) >= 11 is 1.62. The lowest BCUT2D eigenvalue weighted by Crippen LogP contribution is -2.46. The number of thiazole rings is 1. The van der Waals surface area contributed by atoms with E-state index < -0.39 is 12.1 Å². The minimum absolute atomic E-state index is 0.0286. The molecular formula is C25H34N2O3S. The molecule has 1 saturated heterocycles. The molecule has 3 rings (SSSR count). The van der Waals surface area contributed by atoms with E-state index in [0.29, 0.717) is 12.8 Å². The summed E-state index contributed by atoms with van der Waals surface area (Å²) in [7, 11) is 0. The Bertz CT molecular complexity index is 929. The molecule has 1 aliphatic heterocycles. The fraction of sp³-hybridized carbons (Fsp3) is 0.560. The molecule has 1 N–H and O–H groups in total. The molecule has 2 aromatic rings. The highest BCUT2D eigenvalue weighted by atomic mass is 32.1. The predicted octanol–water partition coefficient (Wildman–Crippen LogP) is 4.83. The van der Waals surface area contributed by atoms with Crippen LogP contribution in [0.2, 0.25) is 0 Å². The molecule has 6 heteroatoms. The van der Waals surface area contributed by atoms with Crippen molar-refractivity contribution in [2.45, 2.75) is 72.4 Å². The Labute approximate surface area is 189 Å². The first-order valence-electron chi connectivity index (χ1n) is 11.0. The van der Waals surface area contributed by atoms with E-state index in [1.54, 1.807) is 16.2 Å². The average Bonchev–Trinajstić information content (AvgIpc) is 3.31. The summed E-state index contributed by atoms with van der Waals surface area (Å²) in [6.07, 6.45) is 0.0455. The number of amides is 1. The van der Waals surface area contributed by atoms with Crippen LogP contribution in [0, 0.1) is 18.3 Å². The van der Waals surface area contributed by atoms with Crippen molar-refractivity contribution in [3.63, 3.8) is 0 Å². The van der Waals surface area contributed by atoms with Crippen molar-refractivity contribution in [2.75, 3.05) is 6.54 Å². The number of hydrogen-bond acceptors (Lipinski definition) is 5. The van der Waals surface area contributed by atoms with Crippen molar-refractivity contribution in [1.29, 1.82) is 0 Å². The van der Waals surface area contributed by atoms with Gasteiger partial charge in [-0.1, -0.05) is 58.9 Å². The maximum absolute atomic E-state index is 13.1. The standard InChI is InChI=1S/C25H34N2O3S/c1-15(18-7-9-19(10-8-18)23-17(3)26-14-31-23)11-22(29)21-12-20(28)13-27(21)24(30)16(2)25(4,5)6/h7-10,14-16,20-21,28H,11-13H2,1-6H3/t15-,16+,20-,21+/m1/s1. The topological polar surface area (TPSA) is 70.5 Å². The largest absolute Gasteiger partial charge is 0.391 e. The van der Waals surface area contributed by atoms with E-state index >= 15 is 0 Å². The minimum Gasteiger partial charge on any atom is -0.391 e. The van der Waals surface area contributed by atoms with Gasteiger partial charge in [-0.25, -0.2) is 4.98 Å². The van der Waals surface area contributed by atoms with Crippen molar-refractivity contribution in [1.82, 2.24) is 9.88 Å². The van der Waals surface area contributed by atoms with E-state index in [4.69, 9.17) is 0 Å². The number of rotatable bonds is 6. The SMILES string of the molecule is Cc1ncsc1-c1ccc([C@H](C)CC(=O)[C@@H]2C[C@@H](O)CN2C(=O)[C@H](C)C(C)(C)C)cc1. The van der Waals surface area contributed by atoms with Gasteiger partial charge in [-0.2, -0.15) is 0 Å². The number of aliphatic hydroxyl groups excluding tert-OH is 1. The molecule has 0 aliphatic carbocycles. The number of β-amino-alcohol motifs (C(OH)–C–C–N with tert-alkyl or cyclic N) is 1. The first-order chi connectivity index (χ1) is 14.5. The highest BCUT2D eigenvalue weighted by molar-refractivity contribution is 7.13. The highest BCUT2D eigenvalue weighted by Gasteiger charge is 2.42. The molecule has 0 spiro atoms. The van der Waals surface area contributed by atoms with Crippen molar-refractivity contribution < 1.29 is 14.7 Å². The first-order valence-corrected chi connectivity index (χ1v) is 11.9. The minimum atomic E-state index is -0.637. The summed E-state index contributed by atoms with van der Waals surface area (Å²) in [5.74, 6) is -0.188. The van der Waals surface area contributed by atoms with E-state index in [9.17, 15) is 14.7 Å². The molecule has 1 fully saturated rings. The Morgan fingerprint density at radius 2 is 1.87 bits per heavy atom. The van der Waals surface area contributed by atoms with Crippen molar-refractivity contribution in [3.05, 3.63) is 41.0 Å². The lowest BCUT2D eigenvalue weighted by atomic mass is 9.81. The molecule has 168 valence electrons. The van der Waals surface area contributed by atoms with Gasteiger partial charge in [-0.3, -0.25) is 9.59 Å². The van der Waals surface area contributed by atoms with Gasteiger partial charge in [-0.05, 0) is 29.4 Å². The number of carbonyl (C=O) groups is 2. The van der Waals surface area contributed by atoms with Gasteiger partial charge in [0.1, 0.15) is 0 Å². The van der Waals surface area contributed by atoms with Gasteiger partial charge in [0.2, 0.25) is 5.91 Å². The molecule has 1 aromatic carbocycles. The highest BCUT2D eigenvalue weighted by Crippen LogP contribution is 2.33. The normalized spacial score (nSPS) is 21.2. The molecule has 1 aliphatic rings. The lowest BCUT2D eigenvalue weighted by Gasteiger charge is -2.33. The molecule has 4 atom stereocenters. The molecule has 31 heavy (non-hydrogen) atoms. The summed E-state index contributed by atoms with van der Waals surface area (Å²) in [6.45, 7) is 12.3. The monoisotopic (exact) mass is 442 g/mol. The number of hydrogen-bond donors (Lipinski definition) is 1. The van der Waals surface area contributed by atoms with Gasteiger partial charge in [0.25, 0.3) is 0 Å². The summed E-state index contributed by atoms with van der Waals surface area (Å²) < 4.78 is 0. The second-order valence-corrected chi connectivity index (χ2v) is 10.8. The summed E-state index contributed by atoms with van der Waals surface area (Å²) in [5.41, 5.74) is 4.91. The number of benzene rings is 1. The van der Waals surface area contributed by atoms with Crippen LogP contribution in [0.5, 0.6) is 0 Å². The van der Waals surface area contributed by atoms with Crippen LogP contribution in [-0.2, 0) is 9.59 Å². The molecular weight excluding hydrogens is 408 g/mol. The number of aliphatic hydroxyl groups is 1. The number of aryl methyl sites for hydroxylation is 1. The molecule has 2 heterocycles. The Balaban J connectivity index is 1.69. The van der Waals surface area contributed by atoms with Gasteiger partial charge in [-0.15, -0.1) is 11.3 Å². The zero-order chi connectivity index (χ0) is 22.9. The molecule has 0 unspecified atom stereocenters. The van der Waals surface area contributed by atoms with Crippen LogP contribution in [0.1, 0.15) is 64.6 Å². The smallest absolute Gasteiger partial charge is 0.226 e. The van der Waals surface area contributed by atoms with Gasteiger partial charge in [0.05, 0.1) is 28.2 Å². The molecule has 1 aromatic heterocycles. The number of carbonyl (C=O) groups excluding carboxylic acids is 2. The Kier molecular flexibility index (Phi) is 7.01. The second-order valence-electron chi connectivity index (χ2n) is 9.94. The fourth-order valence-electron chi connectivity index (χ4n) is 4.08. The summed E-state index contributed by atoms with van der Waals surface area (Å²) in [6, 6.07) is 7.77. The lowest BCUT2D eigenvalue weighted by molar-refractivity contribution is -0.143. The Morgan fingerprint density at radius 1 is 1.23 bits per heavy atom. The van der Waals surface area contributed by atoms with Gasteiger partial charge in [0.15, 0.2) is 5.78 Å². The number of ketones is 1. The van der Waals surface area contributed by atoms with Gasteiger partial charge >= 0.3 is 0 Å². The van der Waals surface area contributed by atoms with Crippen LogP contribution in [0.4, 0.5) is 0 Å². The number of aromatic nitrogens is 1. The number of nitrogens with zero attached hydrogens (tertiary/aromatic N) is 2. The summed E-state index contributed by atoms with van der Waals surface area (Å²) in [5, 5.41) is 10.2. The van der Waals surface area contributed by atoms with Crippen LogP contribution in [0.15, 0.2) is 29.8 Å².